The van der Waals surface area contributed by atoms with Crippen LogP contribution in [-0.2, 0) is 6.42 Å². The second kappa shape index (κ2) is 9.71. The minimum atomic E-state index is -0.187. The van der Waals surface area contributed by atoms with E-state index in [4.69, 9.17) is 14.1 Å². The number of likely N-dealkylation sites (N-methyl/N-ethyl adjacent to an activating group) is 1. The zero-order valence-electron chi connectivity index (χ0n) is 19.1. The molecule has 1 amide bonds. The summed E-state index contributed by atoms with van der Waals surface area (Å²) in [5.74, 6) is 0.718. The number of benzene rings is 2. The average Bonchev–Trinajstić information content (AvgIpc) is 3.45. The van der Waals surface area contributed by atoms with Gasteiger partial charge in [0, 0.05) is 18.5 Å². The summed E-state index contributed by atoms with van der Waals surface area (Å²) in [6.07, 6.45) is 0.900. The van der Waals surface area contributed by atoms with Gasteiger partial charge >= 0.3 is 0 Å². The Morgan fingerprint density at radius 3 is 2.59 bits per heavy atom. The van der Waals surface area contributed by atoms with Gasteiger partial charge in [0.2, 0.25) is 0 Å². The molecule has 168 valence electrons. The molecule has 7 heteroatoms. The first-order chi connectivity index (χ1) is 15.6. The third-order valence-electron chi connectivity index (χ3n) is 5.82. The lowest BCUT2D eigenvalue weighted by Crippen LogP contribution is -2.38. The van der Waals surface area contributed by atoms with Crippen LogP contribution in [0.4, 0.5) is 5.13 Å². The molecule has 0 radical (unpaired) electrons. The van der Waals surface area contributed by atoms with E-state index < -0.39 is 0 Å². The van der Waals surface area contributed by atoms with Gasteiger partial charge in [-0.1, -0.05) is 56.4 Å². The highest BCUT2D eigenvalue weighted by Gasteiger charge is 2.26. The number of anilines is 1. The van der Waals surface area contributed by atoms with Crippen LogP contribution < -0.4 is 9.64 Å². The number of methoxy groups -OCH3 is 1. The molecule has 0 N–H and O–H groups in total. The van der Waals surface area contributed by atoms with Crippen molar-refractivity contribution in [1.82, 2.24) is 9.88 Å². The summed E-state index contributed by atoms with van der Waals surface area (Å²) in [6, 6.07) is 13.6. The molecule has 0 unspecified atom stereocenters. The van der Waals surface area contributed by atoms with Gasteiger partial charge in [-0.25, -0.2) is 4.98 Å². The fraction of sp³-hybridized carbons (Fsp3) is 0.360. The van der Waals surface area contributed by atoms with Crippen LogP contribution in [0.1, 0.15) is 36.9 Å². The van der Waals surface area contributed by atoms with Gasteiger partial charge in [0.05, 0.1) is 17.3 Å². The summed E-state index contributed by atoms with van der Waals surface area (Å²) in [4.78, 5) is 22.6. The highest BCUT2D eigenvalue weighted by Crippen LogP contribution is 2.33. The maximum atomic E-state index is 13.7. The van der Waals surface area contributed by atoms with Crippen LogP contribution in [0.3, 0.4) is 0 Å². The summed E-state index contributed by atoms with van der Waals surface area (Å²) in [5, 5.41) is 1.54. The van der Waals surface area contributed by atoms with Crippen molar-refractivity contribution in [2.75, 3.05) is 38.2 Å². The standard InChI is InChI=1S/C25H29N3O3S/c1-5-17-10-9-13-21-22(17)26-25(32-21)28(15-14-27(6-2)7-3)24(29)20-16-18-11-8-12-19(30-4)23(18)31-20/h8-13,16H,5-7,14-15H2,1-4H3. The lowest BCUT2D eigenvalue weighted by atomic mass is 10.1. The Kier molecular flexibility index (Phi) is 6.77. The maximum absolute atomic E-state index is 13.7. The molecule has 2 aromatic carbocycles. The molecule has 0 fully saturated rings. The molecule has 0 bridgehead atoms. The van der Waals surface area contributed by atoms with Crippen molar-refractivity contribution >= 4 is 43.6 Å². The number of aromatic nitrogens is 1. The lowest BCUT2D eigenvalue weighted by Gasteiger charge is -2.24. The first-order valence-electron chi connectivity index (χ1n) is 11.1. The predicted molar refractivity (Wildman–Crippen MR) is 131 cm³/mol. The van der Waals surface area contributed by atoms with Crippen LogP contribution in [0.2, 0.25) is 0 Å². The molecule has 0 saturated carbocycles. The number of rotatable bonds is 9. The van der Waals surface area contributed by atoms with Crippen molar-refractivity contribution in [3.05, 3.63) is 53.8 Å². The summed E-state index contributed by atoms with van der Waals surface area (Å²) < 4.78 is 12.5. The van der Waals surface area contributed by atoms with Crippen LogP contribution in [0.5, 0.6) is 5.75 Å². The molecular weight excluding hydrogens is 422 g/mol. The SMILES string of the molecule is CCc1cccc2sc(N(CCN(CC)CC)C(=O)c3cc4cccc(OC)c4o3)nc12. The fourth-order valence-corrected chi connectivity index (χ4v) is 4.93. The Morgan fingerprint density at radius 1 is 1.09 bits per heavy atom. The number of hydrogen-bond donors (Lipinski definition) is 0. The Balaban J connectivity index is 1.74. The quantitative estimate of drug-likeness (QED) is 0.331. The van der Waals surface area contributed by atoms with E-state index in [-0.39, 0.29) is 5.91 Å². The van der Waals surface area contributed by atoms with Crippen molar-refractivity contribution in [3.63, 3.8) is 0 Å². The topological polar surface area (TPSA) is 58.8 Å². The number of aryl methyl sites for hydroxylation is 1. The van der Waals surface area contributed by atoms with Crippen LogP contribution in [0.15, 0.2) is 46.9 Å². The van der Waals surface area contributed by atoms with Gasteiger partial charge in [-0.15, -0.1) is 0 Å². The van der Waals surface area contributed by atoms with E-state index in [9.17, 15) is 4.79 Å². The van der Waals surface area contributed by atoms with E-state index in [1.165, 1.54) is 5.56 Å². The number of nitrogens with zero attached hydrogens (tertiary/aromatic N) is 3. The van der Waals surface area contributed by atoms with E-state index in [0.29, 0.717) is 28.8 Å². The number of ether oxygens (including phenoxy) is 1. The molecular formula is C25H29N3O3S. The van der Waals surface area contributed by atoms with Gasteiger partial charge in [-0.2, -0.15) is 0 Å². The number of fused-ring (bicyclic) bond motifs is 2. The van der Waals surface area contributed by atoms with Crippen LogP contribution >= 0.6 is 11.3 Å². The van der Waals surface area contributed by atoms with Gasteiger partial charge in [0.1, 0.15) is 0 Å². The monoisotopic (exact) mass is 451 g/mol. The summed E-state index contributed by atoms with van der Waals surface area (Å²) in [7, 11) is 1.60. The average molecular weight is 452 g/mol. The number of para-hydroxylation sites is 2. The second-order valence-corrected chi connectivity index (χ2v) is 8.60. The zero-order chi connectivity index (χ0) is 22.7. The molecule has 0 aliphatic heterocycles. The van der Waals surface area contributed by atoms with E-state index in [2.05, 4.69) is 43.9 Å². The molecule has 32 heavy (non-hydrogen) atoms. The van der Waals surface area contributed by atoms with Crippen molar-refractivity contribution < 1.29 is 13.9 Å². The van der Waals surface area contributed by atoms with Gasteiger partial charge in [0.15, 0.2) is 22.2 Å². The van der Waals surface area contributed by atoms with Gasteiger partial charge in [-0.3, -0.25) is 9.69 Å². The zero-order valence-corrected chi connectivity index (χ0v) is 19.9. The molecule has 0 saturated heterocycles. The molecule has 4 rings (SSSR count). The lowest BCUT2D eigenvalue weighted by molar-refractivity contribution is 0.0959. The van der Waals surface area contributed by atoms with E-state index >= 15 is 0 Å². The fourth-order valence-electron chi connectivity index (χ4n) is 3.90. The molecule has 4 aromatic rings. The third kappa shape index (κ3) is 4.23. The maximum Gasteiger partial charge on any atom is 0.295 e. The molecule has 2 heterocycles. The van der Waals surface area contributed by atoms with Gasteiger partial charge in [0.25, 0.3) is 5.91 Å². The Labute approximate surface area is 192 Å². The number of carbonyl (C=O) groups is 1. The first kappa shape index (κ1) is 22.3. The van der Waals surface area contributed by atoms with Crippen molar-refractivity contribution in [2.24, 2.45) is 0 Å². The Hall–Kier alpha value is -2.90. The van der Waals surface area contributed by atoms with Crippen molar-refractivity contribution in [3.8, 4) is 5.75 Å². The van der Waals surface area contributed by atoms with Crippen molar-refractivity contribution in [2.45, 2.75) is 27.2 Å². The minimum absolute atomic E-state index is 0.187. The largest absolute Gasteiger partial charge is 0.493 e. The molecule has 2 aromatic heterocycles. The molecule has 6 nitrogen and oxygen atoms in total. The number of furan rings is 1. The number of amides is 1. The summed E-state index contributed by atoms with van der Waals surface area (Å²) >= 11 is 1.55. The normalized spacial score (nSPS) is 11.5. The molecule has 0 aliphatic carbocycles. The molecule has 0 atom stereocenters. The van der Waals surface area contributed by atoms with Gasteiger partial charge < -0.3 is 14.1 Å². The predicted octanol–water partition coefficient (Wildman–Crippen LogP) is 5.60. The third-order valence-corrected chi connectivity index (χ3v) is 6.86. The summed E-state index contributed by atoms with van der Waals surface area (Å²) in [5.41, 5.74) is 2.75. The molecule has 0 aliphatic rings. The second-order valence-electron chi connectivity index (χ2n) is 7.59. The van der Waals surface area contributed by atoms with E-state index in [1.807, 2.05) is 18.2 Å². The van der Waals surface area contributed by atoms with Gasteiger partial charge in [-0.05, 0) is 43.3 Å². The minimum Gasteiger partial charge on any atom is -0.493 e. The Bertz CT molecular complexity index is 1230. The van der Waals surface area contributed by atoms with Crippen LogP contribution in [0.25, 0.3) is 21.2 Å². The highest BCUT2D eigenvalue weighted by molar-refractivity contribution is 7.22. The summed E-state index contributed by atoms with van der Waals surface area (Å²) in [6.45, 7) is 9.55. The van der Waals surface area contributed by atoms with E-state index in [0.717, 1.165) is 41.7 Å². The highest BCUT2D eigenvalue weighted by atomic mass is 32.1. The van der Waals surface area contributed by atoms with Crippen molar-refractivity contribution in [1.29, 1.82) is 0 Å². The number of thiazole rings is 1. The Morgan fingerprint density at radius 2 is 1.88 bits per heavy atom. The number of carbonyl (C=O) groups excluding carboxylic acids is 1. The van der Waals surface area contributed by atoms with Crippen LogP contribution in [-0.4, -0.2) is 49.1 Å². The van der Waals surface area contributed by atoms with E-state index in [1.54, 1.807) is 29.4 Å². The smallest absolute Gasteiger partial charge is 0.295 e. The molecule has 0 spiro atoms. The number of hydrogen-bond acceptors (Lipinski definition) is 6. The van der Waals surface area contributed by atoms with Crippen LogP contribution in [0, 0.1) is 0 Å². The first-order valence-corrected chi connectivity index (χ1v) is 11.9.